The maximum atomic E-state index is 12.9. The Hall–Kier alpha value is -1.94. The van der Waals surface area contributed by atoms with Gasteiger partial charge in [-0.15, -0.1) is 0 Å². The van der Waals surface area contributed by atoms with E-state index in [9.17, 15) is 18.0 Å². The summed E-state index contributed by atoms with van der Waals surface area (Å²) >= 11 is 0. The molecule has 3 fully saturated rings. The number of nitrogens with zero attached hydrogens (tertiary/aromatic N) is 3. The number of H-pyrrole nitrogens is 1. The van der Waals surface area contributed by atoms with E-state index in [0.29, 0.717) is 32.5 Å². The van der Waals surface area contributed by atoms with Gasteiger partial charge in [-0.2, -0.15) is 0 Å². The molecule has 1 saturated carbocycles. The molecule has 3 N–H and O–H groups in total. The summed E-state index contributed by atoms with van der Waals surface area (Å²) in [6, 6.07) is -0.713. The lowest BCUT2D eigenvalue weighted by Crippen LogP contribution is -2.62. The maximum absolute atomic E-state index is 12.9. The average Bonchev–Trinajstić information content (AvgIpc) is 3.19. The summed E-state index contributed by atoms with van der Waals surface area (Å²) in [5.41, 5.74) is 6.15. The Morgan fingerprint density at radius 2 is 2.00 bits per heavy atom. The van der Waals surface area contributed by atoms with E-state index in [0.717, 1.165) is 11.4 Å². The van der Waals surface area contributed by atoms with Crippen LogP contribution in [0.2, 0.25) is 0 Å². The highest BCUT2D eigenvalue weighted by Crippen LogP contribution is 2.48. The fourth-order valence-corrected chi connectivity index (χ4v) is 6.19. The topological polar surface area (TPSA) is 129 Å². The molecule has 3 heterocycles. The Kier molecular flexibility index (Phi) is 3.88. The van der Waals surface area contributed by atoms with Gasteiger partial charge in [-0.1, -0.05) is 0 Å². The number of hydrogen-bond donors (Lipinski definition) is 2. The van der Waals surface area contributed by atoms with Gasteiger partial charge in [-0.25, -0.2) is 13.4 Å². The van der Waals surface area contributed by atoms with Crippen LogP contribution in [0.1, 0.15) is 24.2 Å². The number of aromatic amines is 1. The molecule has 0 spiro atoms. The van der Waals surface area contributed by atoms with Crippen LogP contribution in [0.25, 0.3) is 0 Å². The number of aromatic nitrogens is 2. The first-order valence-electron chi connectivity index (χ1n) is 8.78. The number of amides is 2. The maximum Gasteiger partial charge on any atom is 0.238 e. The van der Waals surface area contributed by atoms with Gasteiger partial charge in [-0.3, -0.25) is 14.5 Å². The molecule has 2 aliphatic heterocycles. The van der Waals surface area contributed by atoms with Crippen LogP contribution < -0.4 is 5.73 Å². The summed E-state index contributed by atoms with van der Waals surface area (Å²) in [6.07, 6.45) is 2.53. The van der Waals surface area contributed by atoms with Crippen molar-refractivity contribution in [3.05, 3.63) is 17.7 Å². The first kappa shape index (κ1) is 17.5. The fourth-order valence-electron chi connectivity index (χ4n) is 4.18. The van der Waals surface area contributed by atoms with Gasteiger partial charge in [-0.05, 0) is 19.8 Å². The molecule has 1 aromatic heterocycles. The zero-order valence-corrected chi connectivity index (χ0v) is 15.5. The number of nitrogens with one attached hydrogen (secondary N) is 1. The Labute approximate surface area is 151 Å². The predicted molar refractivity (Wildman–Crippen MR) is 92.5 cm³/mol. The van der Waals surface area contributed by atoms with Crippen LogP contribution in [0.5, 0.6) is 0 Å². The zero-order valence-electron chi connectivity index (χ0n) is 14.6. The molecular formula is C16H23N5O4S. The predicted octanol–water partition coefficient (Wildman–Crippen LogP) is -1.21. The smallest absolute Gasteiger partial charge is 0.238 e. The van der Waals surface area contributed by atoms with Crippen molar-refractivity contribution in [2.45, 2.75) is 38.4 Å². The van der Waals surface area contributed by atoms with Gasteiger partial charge in [0.2, 0.25) is 11.8 Å². The second-order valence-corrected chi connectivity index (χ2v) is 9.76. The zero-order chi connectivity index (χ0) is 18.7. The lowest BCUT2D eigenvalue weighted by molar-refractivity contribution is -0.147. The van der Waals surface area contributed by atoms with Crippen molar-refractivity contribution < 1.29 is 18.0 Å². The second kappa shape index (κ2) is 5.78. The number of nitrogens with two attached hydrogens (primary N) is 1. The van der Waals surface area contributed by atoms with Crippen molar-refractivity contribution in [3.63, 3.8) is 0 Å². The third kappa shape index (κ3) is 2.71. The normalized spacial score (nSPS) is 29.3. The highest BCUT2D eigenvalue weighted by Gasteiger charge is 2.60. The molecule has 1 aliphatic carbocycles. The highest BCUT2D eigenvalue weighted by molar-refractivity contribution is 7.91. The van der Waals surface area contributed by atoms with Gasteiger partial charge < -0.3 is 15.6 Å². The molecule has 2 saturated heterocycles. The SMILES string of the molecule is Cc1[nH]cnc1CN1CCN(C(=O)C2(C(N)=O)CC2)[C@@H]2CS(=O)(=O)C[C@@H]21. The van der Waals surface area contributed by atoms with Crippen molar-refractivity contribution >= 4 is 21.7 Å². The highest BCUT2D eigenvalue weighted by atomic mass is 32.2. The first-order chi connectivity index (χ1) is 12.2. The summed E-state index contributed by atoms with van der Waals surface area (Å²) in [6.45, 7) is 3.40. The van der Waals surface area contributed by atoms with Crippen LogP contribution in [-0.2, 0) is 26.0 Å². The third-order valence-corrected chi connectivity index (χ3v) is 7.67. The molecule has 2 atom stereocenters. The quantitative estimate of drug-likeness (QED) is 0.630. The van der Waals surface area contributed by atoms with Crippen molar-refractivity contribution in [2.24, 2.45) is 11.1 Å². The van der Waals surface area contributed by atoms with Gasteiger partial charge in [0.1, 0.15) is 5.41 Å². The van der Waals surface area contributed by atoms with Crippen LogP contribution in [-0.4, -0.2) is 76.7 Å². The lowest BCUT2D eigenvalue weighted by atomic mass is 9.98. The lowest BCUT2D eigenvalue weighted by Gasteiger charge is -2.44. The monoisotopic (exact) mass is 381 g/mol. The molecule has 1 aromatic rings. The van der Waals surface area contributed by atoms with Crippen molar-refractivity contribution in [1.82, 2.24) is 19.8 Å². The van der Waals surface area contributed by atoms with Gasteiger partial charge in [0.25, 0.3) is 0 Å². The van der Waals surface area contributed by atoms with E-state index in [1.807, 2.05) is 6.92 Å². The van der Waals surface area contributed by atoms with E-state index in [4.69, 9.17) is 5.73 Å². The van der Waals surface area contributed by atoms with Gasteiger partial charge in [0, 0.05) is 31.4 Å². The molecule has 142 valence electrons. The number of carbonyl (C=O) groups is 2. The molecule has 0 radical (unpaired) electrons. The molecule has 26 heavy (non-hydrogen) atoms. The van der Waals surface area contributed by atoms with Gasteiger partial charge in [0.15, 0.2) is 9.84 Å². The van der Waals surface area contributed by atoms with Crippen molar-refractivity contribution in [2.75, 3.05) is 24.6 Å². The van der Waals surface area contributed by atoms with E-state index >= 15 is 0 Å². The Balaban J connectivity index is 1.59. The molecule has 0 aromatic carbocycles. The number of fused-ring (bicyclic) bond motifs is 1. The molecule has 4 rings (SSSR count). The number of sulfone groups is 1. The second-order valence-electron chi connectivity index (χ2n) is 7.60. The van der Waals surface area contributed by atoms with Crippen molar-refractivity contribution in [3.8, 4) is 0 Å². The molecule has 9 nitrogen and oxygen atoms in total. The summed E-state index contributed by atoms with van der Waals surface area (Å²) < 4.78 is 24.6. The summed E-state index contributed by atoms with van der Waals surface area (Å²) in [4.78, 5) is 35.7. The number of aryl methyl sites for hydroxylation is 1. The Bertz CT molecular complexity index is 860. The van der Waals surface area contributed by atoms with Crippen LogP contribution in [0.3, 0.4) is 0 Å². The average molecular weight is 381 g/mol. The largest absolute Gasteiger partial charge is 0.369 e. The minimum absolute atomic E-state index is 0.0223. The molecule has 10 heteroatoms. The minimum Gasteiger partial charge on any atom is -0.369 e. The van der Waals surface area contributed by atoms with Crippen LogP contribution in [0.4, 0.5) is 0 Å². The molecule has 0 bridgehead atoms. The molecule has 0 unspecified atom stereocenters. The van der Waals surface area contributed by atoms with Crippen LogP contribution in [0.15, 0.2) is 6.33 Å². The number of rotatable bonds is 4. The third-order valence-electron chi connectivity index (χ3n) is 5.97. The summed E-state index contributed by atoms with van der Waals surface area (Å²) in [5, 5.41) is 0. The molecular weight excluding hydrogens is 358 g/mol. The number of carbonyl (C=O) groups excluding carboxylic acids is 2. The van der Waals surface area contributed by atoms with E-state index in [1.54, 1.807) is 11.2 Å². The van der Waals surface area contributed by atoms with E-state index in [2.05, 4.69) is 14.9 Å². The summed E-state index contributed by atoms with van der Waals surface area (Å²) in [7, 11) is -3.24. The first-order valence-corrected chi connectivity index (χ1v) is 10.6. The number of primary amides is 1. The minimum atomic E-state index is -3.24. The molecule has 3 aliphatic rings. The van der Waals surface area contributed by atoms with E-state index in [-0.39, 0.29) is 23.5 Å². The number of hydrogen-bond acceptors (Lipinski definition) is 6. The van der Waals surface area contributed by atoms with Gasteiger partial charge in [0.05, 0.1) is 29.6 Å². The number of piperazine rings is 1. The standard InChI is InChI=1S/C16H23N5O4S/c1-10-11(19-9-18-10)6-20-4-5-21(13-8-26(24,25)7-12(13)20)15(23)16(2-3-16)14(17)22/h9,12-13H,2-8H2,1H3,(H2,17,22)(H,18,19)/t12-,13+/m0/s1. The van der Waals surface area contributed by atoms with E-state index < -0.39 is 27.2 Å². The van der Waals surface area contributed by atoms with E-state index in [1.165, 1.54) is 0 Å². The van der Waals surface area contributed by atoms with Crippen molar-refractivity contribution in [1.29, 1.82) is 0 Å². The van der Waals surface area contributed by atoms with Gasteiger partial charge >= 0.3 is 0 Å². The number of imidazole rings is 1. The molecule has 2 amide bonds. The Morgan fingerprint density at radius 3 is 2.58 bits per heavy atom. The Morgan fingerprint density at radius 1 is 1.31 bits per heavy atom. The summed E-state index contributed by atoms with van der Waals surface area (Å²) in [5.74, 6) is -0.940. The van der Waals surface area contributed by atoms with Crippen LogP contribution >= 0.6 is 0 Å². The fraction of sp³-hybridized carbons (Fsp3) is 0.688. The van der Waals surface area contributed by atoms with Crippen LogP contribution in [0, 0.1) is 12.3 Å².